The number of carbonyl (C=O) groups excluding carboxylic acids is 2. The van der Waals surface area contributed by atoms with E-state index in [1.54, 1.807) is 18.2 Å². The van der Waals surface area contributed by atoms with Gasteiger partial charge in [-0.1, -0.05) is 66.7 Å². The van der Waals surface area contributed by atoms with Gasteiger partial charge in [0.2, 0.25) is 5.88 Å². The van der Waals surface area contributed by atoms with Crippen LogP contribution in [0.4, 0.5) is 5.88 Å². The summed E-state index contributed by atoms with van der Waals surface area (Å²) in [6, 6.07) is 27.1. The van der Waals surface area contributed by atoms with Gasteiger partial charge >= 0.3 is 5.97 Å². The van der Waals surface area contributed by atoms with Crippen LogP contribution in [0.25, 0.3) is 22.5 Å². The summed E-state index contributed by atoms with van der Waals surface area (Å²) in [4.78, 5) is 24.1. The Bertz CT molecular complexity index is 1320. The molecule has 1 aromatic heterocycles. The number of furan rings is 1. The topological polar surface area (TPSA) is 92.3 Å². The molecule has 0 aliphatic rings. The number of hydrogen-bond donors (Lipinski definition) is 1. The molecule has 6 heteroatoms. The molecule has 156 valence electrons. The third-order valence-corrected chi connectivity index (χ3v) is 4.70. The van der Waals surface area contributed by atoms with Crippen molar-refractivity contribution in [2.45, 2.75) is 6.92 Å². The molecule has 0 saturated carbocycles. The zero-order valence-electron chi connectivity index (χ0n) is 17.2. The third-order valence-electron chi connectivity index (χ3n) is 4.70. The molecule has 3 aromatic carbocycles. The number of nitrogens with zero attached hydrogens (tertiary/aromatic N) is 1. The fourth-order valence-corrected chi connectivity index (χ4v) is 3.34. The summed E-state index contributed by atoms with van der Waals surface area (Å²) in [6.07, 6.45) is 0. The molecule has 0 spiro atoms. The van der Waals surface area contributed by atoms with Gasteiger partial charge in [0.05, 0.1) is 0 Å². The van der Waals surface area contributed by atoms with Crippen molar-refractivity contribution in [1.82, 2.24) is 0 Å². The van der Waals surface area contributed by atoms with Gasteiger partial charge < -0.3 is 9.15 Å². The quantitative estimate of drug-likeness (QED) is 0.331. The maximum absolute atomic E-state index is 12.9. The summed E-state index contributed by atoms with van der Waals surface area (Å²) in [7, 11) is 0. The smallest absolute Gasteiger partial charge is 0.308 e. The van der Waals surface area contributed by atoms with E-state index in [0.29, 0.717) is 11.3 Å². The van der Waals surface area contributed by atoms with Crippen molar-refractivity contribution in [3.63, 3.8) is 0 Å². The van der Waals surface area contributed by atoms with Crippen molar-refractivity contribution >= 4 is 17.8 Å². The minimum Gasteiger partial charge on any atom is -0.438 e. The van der Waals surface area contributed by atoms with E-state index in [1.165, 1.54) is 13.0 Å². The average Bonchev–Trinajstić information content (AvgIpc) is 3.18. The Morgan fingerprint density at radius 1 is 0.906 bits per heavy atom. The van der Waals surface area contributed by atoms with Gasteiger partial charge in [0.1, 0.15) is 23.1 Å². The van der Waals surface area contributed by atoms with Crippen molar-refractivity contribution in [1.29, 1.82) is 5.26 Å². The number of anilines is 1. The summed E-state index contributed by atoms with van der Waals surface area (Å²) in [5.74, 6) is -0.200. The highest BCUT2D eigenvalue weighted by molar-refractivity contribution is 6.05. The monoisotopic (exact) mass is 422 g/mol. The molecular weight excluding hydrogens is 404 g/mol. The highest BCUT2D eigenvalue weighted by Gasteiger charge is 2.24. The van der Waals surface area contributed by atoms with Crippen LogP contribution in [0.2, 0.25) is 0 Å². The Morgan fingerprint density at radius 2 is 1.56 bits per heavy atom. The number of ether oxygens (including phenoxy) is 1. The van der Waals surface area contributed by atoms with Crippen LogP contribution in [-0.4, -0.2) is 11.9 Å². The molecule has 0 radical (unpaired) electrons. The van der Waals surface area contributed by atoms with E-state index in [4.69, 9.17) is 9.15 Å². The van der Waals surface area contributed by atoms with Crippen LogP contribution in [0, 0.1) is 11.3 Å². The Morgan fingerprint density at radius 3 is 2.19 bits per heavy atom. The van der Waals surface area contributed by atoms with E-state index in [1.807, 2.05) is 60.7 Å². The highest BCUT2D eigenvalue weighted by Crippen LogP contribution is 2.41. The maximum atomic E-state index is 12.9. The number of carbonyl (C=O) groups is 2. The predicted octanol–water partition coefficient (Wildman–Crippen LogP) is 5.66. The molecule has 1 amide bonds. The number of esters is 1. The first-order valence-corrected chi connectivity index (χ1v) is 9.84. The van der Waals surface area contributed by atoms with Crippen molar-refractivity contribution in [3.05, 3.63) is 96.1 Å². The molecule has 0 aliphatic heterocycles. The molecule has 0 saturated heterocycles. The fourth-order valence-electron chi connectivity index (χ4n) is 3.34. The van der Waals surface area contributed by atoms with Crippen molar-refractivity contribution < 1.29 is 18.7 Å². The third kappa shape index (κ3) is 4.27. The minimum absolute atomic E-state index is 0.0492. The molecule has 0 bridgehead atoms. The molecule has 0 aliphatic carbocycles. The summed E-state index contributed by atoms with van der Waals surface area (Å²) in [5, 5.41) is 12.6. The average molecular weight is 422 g/mol. The van der Waals surface area contributed by atoms with E-state index < -0.39 is 11.9 Å². The second kappa shape index (κ2) is 9.02. The summed E-state index contributed by atoms with van der Waals surface area (Å²) in [6.45, 7) is 1.28. The first kappa shape index (κ1) is 20.6. The van der Waals surface area contributed by atoms with Gasteiger partial charge in [-0.15, -0.1) is 0 Å². The number of nitriles is 1. The van der Waals surface area contributed by atoms with Crippen LogP contribution in [0.1, 0.15) is 22.8 Å². The fraction of sp³-hybridized carbons (Fsp3) is 0.0385. The van der Waals surface area contributed by atoms with E-state index in [-0.39, 0.29) is 22.8 Å². The highest BCUT2D eigenvalue weighted by atomic mass is 16.5. The Labute approximate surface area is 184 Å². The van der Waals surface area contributed by atoms with Gasteiger partial charge in [-0.25, -0.2) is 0 Å². The lowest BCUT2D eigenvalue weighted by Crippen LogP contribution is -2.12. The van der Waals surface area contributed by atoms with Crippen LogP contribution in [0.15, 0.2) is 89.3 Å². The molecule has 4 aromatic rings. The predicted molar refractivity (Wildman–Crippen MR) is 120 cm³/mol. The van der Waals surface area contributed by atoms with E-state index in [9.17, 15) is 14.9 Å². The van der Waals surface area contributed by atoms with Crippen LogP contribution in [0.5, 0.6) is 5.75 Å². The Kier molecular flexibility index (Phi) is 5.82. The van der Waals surface area contributed by atoms with Crippen LogP contribution in [0.3, 0.4) is 0 Å². The molecule has 1 heterocycles. The lowest BCUT2D eigenvalue weighted by molar-refractivity contribution is -0.131. The van der Waals surface area contributed by atoms with E-state index in [0.717, 1.165) is 11.1 Å². The molecule has 0 fully saturated rings. The first-order chi connectivity index (χ1) is 15.6. The van der Waals surface area contributed by atoms with Crippen molar-refractivity contribution in [2.24, 2.45) is 0 Å². The second-order valence-electron chi connectivity index (χ2n) is 6.93. The molecule has 0 atom stereocenters. The zero-order valence-corrected chi connectivity index (χ0v) is 17.2. The summed E-state index contributed by atoms with van der Waals surface area (Å²) < 4.78 is 11.1. The maximum Gasteiger partial charge on any atom is 0.308 e. The van der Waals surface area contributed by atoms with Crippen LogP contribution in [-0.2, 0) is 4.79 Å². The van der Waals surface area contributed by atoms with Gasteiger partial charge in [0, 0.05) is 23.6 Å². The number of hydrogen-bond acceptors (Lipinski definition) is 5. The van der Waals surface area contributed by atoms with Gasteiger partial charge in [0.15, 0.2) is 0 Å². The van der Waals surface area contributed by atoms with Gasteiger partial charge in [-0.05, 0) is 23.8 Å². The van der Waals surface area contributed by atoms with Gasteiger partial charge in [0.25, 0.3) is 5.91 Å². The molecule has 6 nitrogen and oxygen atoms in total. The second-order valence-corrected chi connectivity index (χ2v) is 6.93. The zero-order chi connectivity index (χ0) is 22.5. The number of rotatable bonds is 5. The van der Waals surface area contributed by atoms with Crippen LogP contribution >= 0.6 is 0 Å². The first-order valence-electron chi connectivity index (χ1n) is 9.84. The summed E-state index contributed by atoms with van der Waals surface area (Å²) in [5.41, 5.74) is 2.65. The largest absolute Gasteiger partial charge is 0.438 e. The van der Waals surface area contributed by atoms with E-state index in [2.05, 4.69) is 11.4 Å². The van der Waals surface area contributed by atoms with Crippen LogP contribution < -0.4 is 10.1 Å². The molecular formula is C26H18N2O4. The minimum atomic E-state index is -0.497. The summed E-state index contributed by atoms with van der Waals surface area (Å²) >= 11 is 0. The molecule has 32 heavy (non-hydrogen) atoms. The lowest BCUT2D eigenvalue weighted by atomic mass is 9.98. The Hall–Kier alpha value is -4.63. The lowest BCUT2D eigenvalue weighted by Gasteiger charge is -2.05. The number of amides is 1. The van der Waals surface area contributed by atoms with Crippen molar-refractivity contribution in [2.75, 3.05) is 5.32 Å². The SMILES string of the molecule is CC(=O)Oc1cccc(C(=O)Nc2oc(-c3ccccc3)c(-c3ccccc3)c2C#N)c1. The molecule has 0 unspecified atom stereocenters. The molecule has 1 N–H and O–H groups in total. The van der Waals surface area contributed by atoms with E-state index >= 15 is 0 Å². The standard InChI is InChI=1S/C26H18N2O4/c1-17(29)31-21-14-8-13-20(15-21)25(30)28-26-22(16-27)23(18-9-4-2-5-10-18)24(32-26)19-11-6-3-7-12-19/h2-15H,1H3,(H,28,30). The molecule has 4 rings (SSSR count). The van der Waals surface area contributed by atoms with Gasteiger partial charge in [-0.2, -0.15) is 5.26 Å². The van der Waals surface area contributed by atoms with Gasteiger partial charge in [-0.3, -0.25) is 14.9 Å². The number of benzene rings is 3. The normalized spacial score (nSPS) is 10.2. The Balaban J connectivity index is 1.77. The van der Waals surface area contributed by atoms with Crippen molar-refractivity contribution in [3.8, 4) is 34.3 Å². The number of nitrogens with one attached hydrogen (secondary N) is 1.